The number of imide groups is 1. The van der Waals surface area contributed by atoms with Crippen molar-refractivity contribution in [3.63, 3.8) is 0 Å². The van der Waals surface area contributed by atoms with Crippen LogP contribution in [0.15, 0.2) is 0 Å². The van der Waals surface area contributed by atoms with Crippen molar-refractivity contribution in [1.82, 2.24) is 4.90 Å². The number of nitrogens with two attached hydrogens (primary N) is 1. The number of amides is 2. The molecule has 0 spiro atoms. The third-order valence-electron chi connectivity index (χ3n) is 2.57. The van der Waals surface area contributed by atoms with Gasteiger partial charge in [-0.2, -0.15) is 0 Å². The van der Waals surface area contributed by atoms with Crippen LogP contribution in [-0.4, -0.2) is 43.0 Å². The Balaban J connectivity index is 4.55. The van der Waals surface area contributed by atoms with Gasteiger partial charge in [0, 0.05) is 13.7 Å². The average Bonchev–Trinajstić information content (AvgIpc) is 2.28. The largest absolute Gasteiger partial charge is 0.369 e. The minimum atomic E-state index is -0.921. The number of nitrogens with zero attached hydrogens (tertiary/aromatic N) is 1. The smallest absolute Gasteiger partial charge is 0.260 e. The summed E-state index contributed by atoms with van der Waals surface area (Å²) in [6.45, 7) is 4.31. The highest BCUT2D eigenvalue weighted by Gasteiger charge is 2.34. The monoisotopic (exact) mass is 216 g/mol. The second kappa shape index (κ2) is 6.53. The van der Waals surface area contributed by atoms with Gasteiger partial charge in [0.2, 0.25) is 6.41 Å². The van der Waals surface area contributed by atoms with Crippen molar-refractivity contribution in [2.75, 3.05) is 20.2 Å². The maximum Gasteiger partial charge on any atom is 0.260 e. The van der Waals surface area contributed by atoms with Gasteiger partial charge in [-0.25, -0.2) is 0 Å². The fourth-order valence-electron chi connectivity index (χ4n) is 1.15. The van der Waals surface area contributed by atoms with Crippen molar-refractivity contribution in [3.8, 4) is 0 Å². The Morgan fingerprint density at radius 1 is 1.60 bits per heavy atom. The van der Waals surface area contributed by atoms with Crippen LogP contribution >= 0.6 is 0 Å². The predicted octanol–water partition coefficient (Wildman–Crippen LogP) is 0.135. The summed E-state index contributed by atoms with van der Waals surface area (Å²) in [5.41, 5.74) is 4.40. The molecule has 1 atom stereocenters. The summed E-state index contributed by atoms with van der Waals surface area (Å²) in [4.78, 5) is 23.8. The number of carbonyl (C=O) groups excluding carboxylic acids is 2. The summed E-state index contributed by atoms with van der Waals surface area (Å²) in [5.74, 6) is -0.309. The van der Waals surface area contributed by atoms with Gasteiger partial charge in [0.15, 0.2) is 0 Å². The number of hydrogen-bond acceptors (Lipinski definition) is 4. The first-order valence-electron chi connectivity index (χ1n) is 5.07. The van der Waals surface area contributed by atoms with E-state index in [1.165, 1.54) is 7.11 Å². The lowest BCUT2D eigenvalue weighted by Gasteiger charge is -2.29. The van der Waals surface area contributed by atoms with E-state index < -0.39 is 5.60 Å². The first kappa shape index (κ1) is 14.1. The summed E-state index contributed by atoms with van der Waals surface area (Å²) in [5, 5.41) is 0. The van der Waals surface area contributed by atoms with E-state index in [-0.39, 0.29) is 5.91 Å². The van der Waals surface area contributed by atoms with Crippen LogP contribution in [0.4, 0.5) is 0 Å². The van der Waals surface area contributed by atoms with Gasteiger partial charge < -0.3 is 10.5 Å². The minimum absolute atomic E-state index is 0.309. The topological polar surface area (TPSA) is 72.6 Å². The molecule has 0 aromatic rings. The molecule has 0 aliphatic heterocycles. The zero-order valence-corrected chi connectivity index (χ0v) is 9.66. The Morgan fingerprint density at radius 3 is 2.53 bits per heavy atom. The summed E-state index contributed by atoms with van der Waals surface area (Å²) >= 11 is 0. The number of rotatable bonds is 7. The lowest BCUT2D eigenvalue weighted by molar-refractivity contribution is -0.156. The van der Waals surface area contributed by atoms with Crippen molar-refractivity contribution in [1.29, 1.82) is 0 Å². The maximum absolute atomic E-state index is 11.9. The van der Waals surface area contributed by atoms with Gasteiger partial charge in [0.1, 0.15) is 5.60 Å². The van der Waals surface area contributed by atoms with Crippen LogP contribution in [-0.2, 0) is 14.3 Å². The van der Waals surface area contributed by atoms with Gasteiger partial charge in [-0.3, -0.25) is 14.5 Å². The van der Waals surface area contributed by atoms with E-state index >= 15 is 0 Å². The van der Waals surface area contributed by atoms with Gasteiger partial charge in [-0.15, -0.1) is 0 Å². The molecule has 0 heterocycles. The molecule has 15 heavy (non-hydrogen) atoms. The summed E-state index contributed by atoms with van der Waals surface area (Å²) in [6, 6.07) is 0. The highest BCUT2D eigenvalue weighted by Crippen LogP contribution is 2.17. The van der Waals surface area contributed by atoms with Gasteiger partial charge in [0.25, 0.3) is 5.91 Å². The van der Waals surface area contributed by atoms with Crippen molar-refractivity contribution in [2.24, 2.45) is 5.73 Å². The van der Waals surface area contributed by atoms with E-state index in [0.29, 0.717) is 32.3 Å². The van der Waals surface area contributed by atoms with Gasteiger partial charge >= 0.3 is 0 Å². The molecule has 88 valence electrons. The van der Waals surface area contributed by atoms with E-state index in [2.05, 4.69) is 0 Å². The number of hydrogen-bond donors (Lipinski definition) is 1. The van der Waals surface area contributed by atoms with E-state index in [1.54, 1.807) is 6.92 Å². The van der Waals surface area contributed by atoms with Crippen LogP contribution in [0.2, 0.25) is 0 Å². The zero-order valence-electron chi connectivity index (χ0n) is 9.66. The highest BCUT2D eigenvalue weighted by molar-refractivity contribution is 5.92. The zero-order chi connectivity index (χ0) is 11.9. The standard InChI is InChI=1S/C10H20N2O3/c1-4-10(2,15-3)9(14)12(8-13)7-5-6-11/h8H,4-7,11H2,1-3H3. The average molecular weight is 216 g/mol. The first-order chi connectivity index (χ1) is 7.05. The van der Waals surface area contributed by atoms with Crippen LogP contribution in [0.3, 0.4) is 0 Å². The molecule has 5 nitrogen and oxygen atoms in total. The maximum atomic E-state index is 11.9. The first-order valence-corrected chi connectivity index (χ1v) is 5.07. The molecule has 2 amide bonds. The molecular formula is C10H20N2O3. The molecule has 1 unspecified atom stereocenters. The summed E-state index contributed by atoms with van der Waals surface area (Å²) in [6.07, 6.45) is 1.66. The van der Waals surface area contributed by atoms with Crippen LogP contribution in [0.5, 0.6) is 0 Å². The molecule has 0 fully saturated rings. The molecule has 0 aromatic carbocycles. The van der Waals surface area contributed by atoms with E-state index in [9.17, 15) is 9.59 Å². The molecule has 0 aromatic heterocycles. The predicted molar refractivity (Wildman–Crippen MR) is 57.2 cm³/mol. The second-order valence-corrected chi connectivity index (χ2v) is 3.53. The lowest BCUT2D eigenvalue weighted by Crippen LogP contribution is -2.48. The van der Waals surface area contributed by atoms with Crippen molar-refractivity contribution < 1.29 is 14.3 Å². The van der Waals surface area contributed by atoms with Gasteiger partial charge in [-0.05, 0) is 26.3 Å². The molecule has 0 aliphatic carbocycles. The van der Waals surface area contributed by atoms with E-state index in [4.69, 9.17) is 10.5 Å². The minimum Gasteiger partial charge on any atom is -0.369 e. The molecule has 0 bridgehead atoms. The molecule has 0 rings (SSSR count). The van der Waals surface area contributed by atoms with Crippen molar-refractivity contribution in [3.05, 3.63) is 0 Å². The number of ether oxygens (including phenoxy) is 1. The lowest BCUT2D eigenvalue weighted by atomic mass is 10.0. The van der Waals surface area contributed by atoms with Gasteiger partial charge in [-0.1, -0.05) is 6.92 Å². The Labute approximate surface area is 90.6 Å². The van der Waals surface area contributed by atoms with Crippen LogP contribution in [0.25, 0.3) is 0 Å². The molecule has 5 heteroatoms. The molecule has 0 radical (unpaired) electrons. The van der Waals surface area contributed by atoms with Gasteiger partial charge in [0.05, 0.1) is 0 Å². The fraction of sp³-hybridized carbons (Fsp3) is 0.800. The third kappa shape index (κ3) is 3.60. The third-order valence-corrected chi connectivity index (χ3v) is 2.57. The Kier molecular flexibility index (Phi) is 6.12. The van der Waals surface area contributed by atoms with Crippen molar-refractivity contribution in [2.45, 2.75) is 32.3 Å². The highest BCUT2D eigenvalue weighted by atomic mass is 16.5. The summed E-state index contributed by atoms with van der Waals surface area (Å²) in [7, 11) is 1.47. The second-order valence-electron chi connectivity index (χ2n) is 3.53. The number of carbonyl (C=O) groups is 2. The Hall–Kier alpha value is -0.940. The molecule has 0 saturated carbocycles. The molecular weight excluding hydrogens is 196 g/mol. The van der Waals surface area contributed by atoms with E-state index in [0.717, 1.165) is 4.90 Å². The normalized spacial score (nSPS) is 14.4. The van der Waals surface area contributed by atoms with Crippen molar-refractivity contribution >= 4 is 12.3 Å². The Morgan fingerprint density at radius 2 is 2.20 bits per heavy atom. The van der Waals surface area contributed by atoms with E-state index in [1.807, 2.05) is 6.92 Å². The van der Waals surface area contributed by atoms with Crippen LogP contribution < -0.4 is 5.73 Å². The molecule has 0 aliphatic rings. The summed E-state index contributed by atoms with van der Waals surface area (Å²) < 4.78 is 5.13. The fourth-order valence-corrected chi connectivity index (χ4v) is 1.15. The van der Waals surface area contributed by atoms with Crippen LogP contribution in [0.1, 0.15) is 26.7 Å². The van der Waals surface area contributed by atoms with Crippen LogP contribution in [0, 0.1) is 0 Å². The molecule has 2 N–H and O–H groups in total. The SMILES string of the molecule is CCC(C)(OC)C(=O)N(C=O)CCCN. The quantitative estimate of drug-likeness (QED) is 0.614. The molecule has 0 saturated heterocycles. The number of methoxy groups -OCH3 is 1. The Bertz CT molecular complexity index is 215.